The van der Waals surface area contributed by atoms with E-state index < -0.39 is 0 Å². The number of halogens is 1. The minimum absolute atomic E-state index is 0.256. The molecule has 100 valence electrons. The van der Waals surface area contributed by atoms with Gasteiger partial charge in [-0.3, -0.25) is 0 Å². The zero-order valence-electron chi connectivity index (χ0n) is 11.1. The molecule has 1 aliphatic rings. The Balaban J connectivity index is 1.94. The summed E-state index contributed by atoms with van der Waals surface area (Å²) in [5, 5.41) is 4.21. The van der Waals surface area contributed by atoms with Crippen molar-refractivity contribution >= 4 is 16.9 Å². The summed E-state index contributed by atoms with van der Waals surface area (Å²) in [6.45, 7) is 6.08. The van der Waals surface area contributed by atoms with E-state index in [4.69, 9.17) is 0 Å². The van der Waals surface area contributed by atoms with Gasteiger partial charge in [-0.2, -0.15) is 0 Å². The predicted molar refractivity (Wildman–Crippen MR) is 73.8 cm³/mol. The van der Waals surface area contributed by atoms with Gasteiger partial charge in [0, 0.05) is 36.8 Å². The van der Waals surface area contributed by atoms with Crippen molar-refractivity contribution in [2.24, 2.45) is 0 Å². The molecule has 0 amide bonds. The summed E-state index contributed by atoms with van der Waals surface area (Å²) < 4.78 is 13.1. The first-order valence-electron chi connectivity index (χ1n) is 6.55. The van der Waals surface area contributed by atoms with Gasteiger partial charge in [0.1, 0.15) is 5.82 Å². The summed E-state index contributed by atoms with van der Waals surface area (Å²) >= 11 is 0. The highest BCUT2D eigenvalue weighted by atomic mass is 19.1. The van der Waals surface area contributed by atoms with Crippen LogP contribution in [0.4, 0.5) is 10.3 Å². The Hall–Kier alpha value is -1.75. The highest BCUT2D eigenvalue weighted by Gasteiger charge is 2.22. The zero-order chi connectivity index (χ0) is 13.4. The second-order valence-corrected chi connectivity index (χ2v) is 5.25. The van der Waals surface area contributed by atoms with Crippen molar-refractivity contribution in [3.8, 4) is 0 Å². The van der Waals surface area contributed by atoms with Crippen molar-refractivity contribution in [3.63, 3.8) is 0 Å². The quantitative estimate of drug-likeness (QED) is 0.851. The molecule has 0 bridgehead atoms. The van der Waals surface area contributed by atoms with Crippen LogP contribution in [0.3, 0.4) is 0 Å². The molecule has 1 N–H and O–H groups in total. The largest absolute Gasteiger partial charge is 0.338 e. The van der Waals surface area contributed by atoms with Crippen molar-refractivity contribution in [3.05, 3.63) is 30.2 Å². The van der Waals surface area contributed by atoms with E-state index in [1.807, 2.05) is 0 Å². The molecule has 4 nitrogen and oxygen atoms in total. The minimum Gasteiger partial charge on any atom is -0.338 e. The molecule has 2 aromatic rings. The molecule has 1 aromatic carbocycles. The van der Waals surface area contributed by atoms with Gasteiger partial charge in [-0.25, -0.2) is 14.4 Å². The molecule has 1 saturated heterocycles. The van der Waals surface area contributed by atoms with Crippen molar-refractivity contribution < 1.29 is 4.39 Å². The number of nitrogens with zero attached hydrogens (tertiary/aromatic N) is 3. The van der Waals surface area contributed by atoms with Gasteiger partial charge in [-0.15, -0.1) is 0 Å². The van der Waals surface area contributed by atoms with E-state index in [2.05, 4.69) is 34.0 Å². The molecule has 0 saturated carbocycles. The van der Waals surface area contributed by atoms with Crippen LogP contribution in [0, 0.1) is 5.82 Å². The number of hydrogen-bond donors (Lipinski definition) is 1. The van der Waals surface area contributed by atoms with Crippen LogP contribution in [-0.4, -0.2) is 35.1 Å². The number of anilines is 1. The van der Waals surface area contributed by atoms with Gasteiger partial charge >= 0.3 is 0 Å². The first-order chi connectivity index (χ1) is 9.11. The first kappa shape index (κ1) is 12.3. The van der Waals surface area contributed by atoms with Gasteiger partial charge in [-0.05, 0) is 32.0 Å². The lowest BCUT2D eigenvalue weighted by Gasteiger charge is -2.36. The summed E-state index contributed by atoms with van der Waals surface area (Å²) in [6.07, 6.45) is 1.69. The second-order valence-electron chi connectivity index (χ2n) is 5.25. The molecule has 0 radical (unpaired) electrons. The van der Waals surface area contributed by atoms with Crippen LogP contribution in [0.2, 0.25) is 0 Å². The highest BCUT2D eigenvalue weighted by molar-refractivity contribution is 5.78. The maximum atomic E-state index is 13.1. The molecule has 2 heterocycles. The van der Waals surface area contributed by atoms with Crippen LogP contribution in [-0.2, 0) is 0 Å². The number of benzene rings is 1. The van der Waals surface area contributed by atoms with E-state index in [0.29, 0.717) is 12.1 Å². The zero-order valence-corrected chi connectivity index (χ0v) is 11.1. The van der Waals surface area contributed by atoms with Crippen molar-refractivity contribution in [2.75, 3.05) is 18.0 Å². The number of nitrogens with one attached hydrogen (secondary N) is 1. The van der Waals surface area contributed by atoms with Crippen LogP contribution in [0.15, 0.2) is 24.4 Å². The number of rotatable bonds is 1. The average Bonchev–Trinajstić information content (AvgIpc) is 2.37. The molecule has 0 unspecified atom stereocenters. The molecule has 0 spiro atoms. The normalized spacial score (nSPS) is 23.8. The number of hydrogen-bond acceptors (Lipinski definition) is 4. The molecular formula is C14H17FN4. The van der Waals surface area contributed by atoms with Crippen molar-refractivity contribution in [1.82, 2.24) is 15.3 Å². The van der Waals surface area contributed by atoms with E-state index in [9.17, 15) is 4.39 Å². The third-order valence-corrected chi connectivity index (χ3v) is 3.37. The lowest BCUT2D eigenvalue weighted by atomic mass is 10.1. The third-order valence-electron chi connectivity index (χ3n) is 3.37. The topological polar surface area (TPSA) is 41.1 Å². The Kier molecular flexibility index (Phi) is 3.06. The lowest BCUT2D eigenvalue weighted by Crippen LogP contribution is -2.54. The Labute approximate surface area is 111 Å². The molecule has 19 heavy (non-hydrogen) atoms. The van der Waals surface area contributed by atoms with E-state index in [1.54, 1.807) is 12.3 Å². The summed E-state index contributed by atoms with van der Waals surface area (Å²) in [4.78, 5) is 11.1. The SMILES string of the molecule is C[C@@H]1CN(c2ncc3cc(F)ccc3n2)C[C@H](C)N1. The van der Waals surface area contributed by atoms with Gasteiger partial charge < -0.3 is 10.2 Å². The summed E-state index contributed by atoms with van der Waals surface area (Å²) in [5.74, 6) is 0.465. The fraction of sp³-hybridized carbons (Fsp3) is 0.429. The maximum Gasteiger partial charge on any atom is 0.225 e. The van der Waals surface area contributed by atoms with Crippen LogP contribution in [0.1, 0.15) is 13.8 Å². The molecular weight excluding hydrogens is 243 g/mol. The van der Waals surface area contributed by atoms with Crippen LogP contribution < -0.4 is 10.2 Å². The van der Waals surface area contributed by atoms with E-state index in [-0.39, 0.29) is 5.82 Å². The van der Waals surface area contributed by atoms with E-state index >= 15 is 0 Å². The van der Waals surface area contributed by atoms with E-state index in [0.717, 1.165) is 29.9 Å². The number of fused-ring (bicyclic) bond motifs is 1. The monoisotopic (exact) mass is 260 g/mol. The Morgan fingerprint density at radius 2 is 2.00 bits per heavy atom. The maximum absolute atomic E-state index is 13.1. The van der Waals surface area contributed by atoms with Crippen molar-refractivity contribution in [2.45, 2.75) is 25.9 Å². The average molecular weight is 260 g/mol. The summed E-state index contributed by atoms with van der Waals surface area (Å²) in [6, 6.07) is 5.42. The fourth-order valence-electron chi connectivity index (χ4n) is 2.64. The molecule has 1 fully saturated rings. The van der Waals surface area contributed by atoms with Crippen molar-refractivity contribution in [1.29, 1.82) is 0 Å². The van der Waals surface area contributed by atoms with Crippen LogP contribution >= 0.6 is 0 Å². The van der Waals surface area contributed by atoms with Crippen LogP contribution in [0.25, 0.3) is 10.9 Å². The fourth-order valence-corrected chi connectivity index (χ4v) is 2.64. The smallest absolute Gasteiger partial charge is 0.225 e. The van der Waals surface area contributed by atoms with Gasteiger partial charge in [0.2, 0.25) is 5.95 Å². The minimum atomic E-state index is -0.256. The summed E-state index contributed by atoms with van der Waals surface area (Å²) in [7, 11) is 0. The molecule has 1 aromatic heterocycles. The molecule has 5 heteroatoms. The number of piperazine rings is 1. The Morgan fingerprint density at radius 3 is 2.74 bits per heavy atom. The molecule has 2 atom stereocenters. The van der Waals surface area contributed by atoms with Gasteiger partial charge in [-0.1, -0.05) is 0 Å². The second kappa shape index (κ2) is 4.74. The predicted octanol–water partition coefficient (Wildman–Crippen LogP) is 1.96. The van der Waals surface area contributed by atoms with Crippen LogP contribution in [0.5, 0.6) is 0 Å². The molecule has 1 aliphatic heterocycles. The molecule has 0 aliphatic carbocycles. The standard InChI is InChI=1S/C14H17FN4/c1-9-7-19(8-10(2)17-9)14-16-6-11-5-12(15)3-4-13(11)18-14/h3-6,9-10,17H,7-8H2,1-2H3/t9-,10+. The number of aromatic nitrogens is 2. The molecule has 3 rings (SSSR count). The van der Waals surface area contributed by atoms with Gasteiger partial charge in [0.25, 0.3) is 0 Å². The van der Waals surface area contributed by atoms with Gasteiger partial charge in [0.15, 0.2) is 0 Å². The third kappa shape index (κ3) is 2.51. The first-order valence-corrected chi connectivity index (χ1v) is 6.55. The van der Waals surface area contributed by atoms with Gasteiger partial charge in [0.05, 0.1) is 5.52 Å². The highest BCUT2D eigenvalue weighted by Crippen LogP contribution is 2.18. The Morgan fingerprint density at radius 1 is 1.26 bits per heavy atom. The lowest BCUT2D eigenvalue weighted by molar-refractivity contribution is 0.403. The van der Waals surface area contributed by atoms with E-state index in [1.165, 1.54) is 12.1 Å². The Bertz CT molecular complexity index is 591. The summed E-state index contributed by atoms with van der Waals surface area (Å²) in [5.41, 5.74) is 0.783.